The number of hydrogen-bond acceptors (Lipinski definition) is 4. The van der Waals surface area contributed by atoms with E-state index >= 15 is 0 Å². The van der Waals surface area contributed by atoms with E-state index in [1.807, 2.05) is 6.07 Å². The minimum atomic E-state index is -3.41. The third kappa shape index (κ3) is 3.33. The summed E-state index contributed by atoms with van der Waals surface area (Å²) in [5.74, 6) is -0.243. The molecule has 4 nitrogen and oxygen atoms in total. The highest BCUT2D eigenvalue weighted by atomic mass is 32.2. The number of rotatable bonds is 6. The normalized spacial score (nSPS) is 17.5. The van der Waals surface area contributed by atoms with E-state index in [1.165, 1.54) is 0 Å². The average molecular weight is 305 g/mol. The third-order valence-electron chi connectivity index (χ3n) is 3.91. The summed E-state index contributed by atoms with van der Waals surface area (Å²) in [6, 6.07) is 6.77. The Hall–Kier alpha value is -1.67. The summed E-state index contributed by atoms with van der Waals surface area (Å²) in [6.07, 6.45) is 3.76. The maximum atomic E-state index is 12.3. The van der Waals surface area contributed by atoms with Crippen molar-refractivity contribution in [1.82, 2.24) is 0 Å². The van der Waals surface area contributed by atoms with Crippen LogP contribution in [0.2, 0.25) is 0 Å². The van der Waals surface area contributed by atoms with E-state index in [0.29, 0.717) is 23.1 Å². The van der Waals surface area contributed by atoms with E-state index in [0.717, 1.165) is 19.3 Å². The standard InChI is InChI=1S/C16H19NO3S/c1-2-3-4-5-8-21(19,20)15-10-13-9-12(11-17)6-7-14(13)16(15)18/h6-7,9,15H,2-5,8,10H2,1H3. The summed E-state index contributed by atoms with van der Waals surface area (Å²) >= 11 is 0. The summed E-state index contributed by atoms with van der Waals surface area (Å²) in [5, 5.41) is 7.92. The summed E-state index contributed by atoms with van der Waals surface area (Å²) in [7, 11) is -3.41. The van der Waals surface area contributed by atoms with Crippen molar-refractivity contribution < 1.29 is 13.2 Å². The van der Waals surface area contributed by atoms with Gasteiger partial charge >= 0.3 is 0 Å². The number of ketones is 1. The number of benzene rings is 1. The zero-order chi connectivity index (χ0) is 15.5. The number of sulfone groups is 1. The van der Waals surface area contributed by atoms with Gasteiger partial charge in [-0.1, -0.05) is 26.2 Å². The van der Waals surface area contributed by atoms with Gasteiger partial charge in [-0.15, -0.1) is 0 Å². The maximum Gasteiger partial charge on any atom is 0.181 e. The first-order valence-electron chi connectivity index (χ1n) is 7.28. The van der Waals surface area contributed by atoms with Gasteiger partial charge in [0.2, 0.25) is 0 Å². The predicted molar refractivity (Wildman–Crippen MR) is 80.9 cm³/mol. The van der Waals surface area contributed by atoms with Crippen LogP contribution in [-0.2, 0) is 16.3 Å². The first kappa shape index (κ1) is 15.7. The fourth-order valence-electron chi connectivity index (χ4n) is 2.70. The van der Waals surface area contributed by atoms with Crippen molar-refractivity contribution in [1.29, 1.82) is 5.26 Å². The Bertz CT molecular complexity index is 686. The molecule has 1 aromatic carbocycles. The first-order chi connectivity index (χ1) is 9.99. The van der Waals surface area contributed by atoms with E-state index in [2.05, 4.69) is 6.92 Å². The number of hydrogen-bond donors (Lipinski definition) is 0. The molecule has 1 unspecified atom stereocenters. The molecule has 0 aromatic heterocycles. The number of carbonyl (C=O) groups excluding carboxylic acids is 1. The Balaban J connectivity index is 2.13. The number of fused-ring (bicyclic) bond motifs is 1. The molecule has 2 rings (SSSR count). The first-order valence-corrected chi connectivity index (χ1v) is 9.00. The lowest BCUT2D eigenvalue weighted by atomic mass is 10.1. The zero-order valence-corrected chi connectivity index (χ0v) is 12.9. The molecule has 21 heavy (non-hydrogen) atoms. The summed E-state index contributed by atoms with van der Waals surface area (Å²) in [6.45, 7) is 2.07. The molecule has 0 radical (unpaired) electrons. The molecular formula is C16H19NO3S. The fourth-order valence-corrected chi connectivity index (χ4v) is 4.48. The van der Waals surface area contributed by atoms with Crippen LogP contribution in [0.5, 0.6) is 0 Å². The molecule has 0 N–H and O–H groups in total. The van der Waals surface area contributed by atoms with Gasteiger partial charge in [0.1, 0.15) is 5.25 Å². The largest absolute Gasteiger partial charge is 0.293 e. The number of unbranched alkanes of at least 4 members (excludes halogenated alkanes) is 3. The van der Waals surface area contributed by atoms with Crippen LogP contribution >= 0.6 is 0 Å². The van der Waals surface area contributed by atoms with Gasteiger partial charge in [0, 0.05) is 5.56 Å². The number of nitriles is 1. The molecule has 112 valence electrons. The second kappa shape index (κ2) is 6.40. The fraction of sp³-hybridized carbons (Fsp3) is 0.500. The van der Waals surface area contributed by atoms with E-state index in [1.54, 1.807) is 18.2 Å². The minimum absolute atomic E-state index is 0.0719. The monoisotopic (exact) mass is 305 g/mol. The molecule has 0 bridgehead atoms. The number of Topliss-reactive ketones (excluding diaryl/α,β-unsaturated/α-hetero) is 1. The molecule has 0 fully saturated rings. The van der Waals surface area contributed by atoms with Gasteiger partial charge in [0.05, 0.1) is 17.4 Å². The van der Waals surface area contributed by atoms with E-state index < -0.39 is 15.1 Å². The third-order valence-corrected chi connectivity index (χ3v) is 6.02. The Kier molecular flexibility index (Phi) is 4.79. The van der Waals surface area contributed by atoms with Crippen molar-refractivity contribution in [3.05, 3.63) is 34.9 Å². The molecule has 1 atom stereocenters. The van der Waals surface area contributed by atoms with E-state index in [-0.39, 0.29) is 18.0 Å². The molecule has 1 aromatic rings. The lowest BCUT2D eigenvalue weighted by Gasteiger charge is -2.09. The average Bonchev–Trinajstić information content (AvgIpc) is 2.81. The van der Waals surface area contributed by atoms with Crippen LogP contribution in [-0.4, -0.2) is 25.2 Å². The number of carbonyl (C=O) groups is 1. The van der Waals surface area contributed by atoms with Gasteiger partial charge in [-0.3, -0.25) is 4.79 Å². The molecule has 0 spiro atoms. The van der Waals surface area contributed by atoms with Crippen LogP contribution in [0, 0.1) is 11.3 Å². The van der Waals surface area contributed by atoms with Gasteiger partial charge in [-0.25, -0.2) is 8.42 Å². The Morgan fingerprint density at radius 2 is 2.05 bits per heavy atom. The van der Waals surface area contributed by atoms with Crippen molar-refractivity contribution in [2.45, 2.75) is 44.3 Å². The van der Waals surface area contributed by atoms with Gasteiger partial charge in [0.15, 0.2) is 15.6 Å². The predicted octanol–water partition coefficient (Wildman–Crippen LogP) is 2.66. The molecule has 0 heterocycles. The summed E-state index contributed by atoms with van der Waals surface area (Å²) in [5.41, 5.74) is 1.60. The van der Waals surface area contributed by atoms with Crippen molar-refractivity contribution in [3.8, 4) is 6.07 Å². The topological polar surface area (TPSA) is 75.0 Å². The highest BCUT2D eigenvalue weighted by molar-refractivity contribution is 7.92. The van der Waals surface area contributed by atoms with Gasteiger partial charge in [0.25, 0.3) is 0 Å². The van der Waals surface area contributed by atoms with E-state index in [4.69, 9.17) is 5.26 Å². The second-order valence-corrected chi connectivity index (χ2v) is 7.77. The van der Waals surface area contributed by atoms with Crippen LogP contribution in [0.3, 0.4) is 0 Å². The van der Waals surface area contributed by atoms with Crippen LogP contribution in [0.4, 0.5) is 0 Å². The van der Waals surface area contributed by atoms with Crippen LogP contribution in [0.15, 0.2) is 18.2 Å². The van der Waals surface area contributed by atoms with Gasteiger partial charge in [-0.05, 0) is 36.6 Å². The smallest absolute Gasteiger partial charge is 0.181 e. The Morgan fingerprint density at radius 3 is 2.71 bits per heavy atom. The highest BCUT2D eigenvalue weighted by Crippen LogP contribution is 2.28. The quantitative estimate of drug-likeness (QED) is 0.757. The molecule has 1 aliphatic carbocycles. The minimum Gasteiger partial charge on any atom is -0.293 e. The van der Waals surface area contributed by atoms with Crippen LogP contribution < -0.4 is 0 Å². The van der Waals surface area contributed by atoms with Crippen LogP contribution in [0.25, 0.3) is 0 Å². The molecule has 1 aliphatic rings. The number of nitrogens with zero attached hydrogens (tertiary/aromatic N) is 1. The lowest BCUT2D eigenvalue weighted by Crippen LogP contribution is -2.29. The van der Waals surface area contributed by atoms with Crippen molar-refractivity contribution >= 4 is 15.6 Å². The molecule has 0 saturated heterocycles. The molecule has 0 amide bonds. The SMILES string of the molecule is CCCCCCS(=O)(=O)C1Cc2cc(C#N)ccc2C1=O. The molecule has 0 saturated carbocycles. The molecule has 0 aliphatic heterocycles. The van der Waals surface area contributed by atoms with Crippen LogP contribution in [0.1, 0.15) is 54.1 Å². The molecule has 5 heteroatoms. The zero-order valence-electron chi connectivity index (χ0n) is 12.1. The molecular weight excluding hydrogens is 286 g/mol. The Morgan fingerprint density at radius 1 is 1.29 bits per heavy atom. The van der Waals surface area contributed by atoms with Gasteiger partial charge in [-0.2, -0.15) is 5.26 Å². The summed E-state index contributed by atoms with van der Waals surface area (Å²) < 4.78 is 24.7. The van der Waals surface area contributed by atoms with Crippen molar-refractivity contribution in [2.24, 2.45) is 0 Å². The van der Waals surface area contributed by atoms with E-state index in [9.17, 15) is 13.2 Å². The van der Waals surface area contributed by atoms with Crippen molar-refractivity contribution in [3.63, 3.8) is 0 Å². The second-order valence-electron chi connectivity index (χ2n) is 5.47. The maximum absolute atomic E-state index is 12.3. The van der Waals surface area contributed by atoms with Crippen molar-refractivity contribution in [2.75, 3.05) is 5.75 Å². The highest BCUT2D eigenvalue weighted by Gasteiger charge is 2.39. The Labute approximate surface area is 125 Å². The van der Waals surface area contributed by atoms with Gasteiger partial charge < -0.3 is 0 Å². The lowest BCUT2D eigenvalue weighted by molar-refractivity contribution is 0.0998. The summed E-state index contributed by atoms with van der Waals surface area (Å²) in [4.78, 5) is 12.3.